The molecule has 1 atom stereocenters. The first-order chi connectivity index (χ1) is 6.71. The zero-order valence-electron chi connectivity index (χ0n) is 9.14. The summed E-state index contributed by atoms with van der Waals surface area (Å²) in [5, 5.41) is 3.64. The lowest BCUT2D eigenvalue weighted by atomic mass is 9.83. The van der Waals surface area contributed by atoms with Crippen LogP contribution >= 0.6 is 0 Å². The number of nitrogens with one attached hydrogen (secondary N) is 1. The second-order valence-electron chi connectivity index (χ2n) is 4.59. The van der Waals surface area contributed by atoms with Crippen molar-refractivity contribution in [1.82, 2.24) is 5.32 Å². The van der Waals surface area contributed by atoms with Crippen LogP contribution in [0.2, 0.25) is 0 Å². The lowest BCUT2D eigenvalue weighted by Gasteiger charge is -2.35. The highest BCUT2D eigenvalue weighted by molar-refractivity contribution is 5.28. The van der Waals surface area contributed by atoms with E-state index in [1.807, 2.05) is 0 Å². The van der Waals surface area contributed by atoms with Crippen molar-refractivity contribution in [1.29, 1.82) is 0 Å². The fraction of sp³-hybridized carbons (Fsp3) is 0.538. The maximum atomic E-state index is 3.64. The Morgan fingerprint density at radius 1 is 1.29 bits per heavy atom. The molecule has 76 valence electrons. The number of piperidine rings is 1. The van der Waals surface area contributed by atoms with E-state index in [-0.39, 0.29) is 5.54 Å². The van der Waals surface area contributed by atoms with Crippen molar-refractivity contribution in [3.8, 4) is 0 Å². The van der Waals surface area contributed by atoms with Crippen LogP contribution in [0.1, 0.15) is 37.3 Å². The molecular weight excluding hydrogens is 170 g/mol. The molecule has 1 heteroatoms. The molecule has 1 aromatic carbocycles. The fourth-order valence-corrected chi connectivity index (χ4v) is 2.29. The lowest BCUT2D eigenvalue weighted by Crippen LogP contribution is -2.43. The van der Waals surface area contributed by atoms with E-state index >= 15 is 0 Å². The van der Waals surface area contributed by atoms with Gasteiger partial charge in [-0.1, -0.05) is 36.2 Å². The molecule has 1 saturated heterocycles. The van der Waals surface area contributed by atoms with E-state index in [1.165, 1.54) is 30.4 Å². The quantitative estimate of drug-likeness (QED) is 0.716. The van der Waals surface area contributed by atoms with Gasteiger partial charge in [0.2, 0.25) is 0 Å². The van der Waals surface area contributed by atoms with Crippen molar-refractivity contribution in [2.45, 2.75) is 38.6 Å². The molecule has 0 saturated carbocycles. The van der Waals surface area contributed by atoms with Gasteiger partial charge in [0.05, 0.1) is 0 Å². The highest BCUT2D eigenvalue weighted by Crippen LogP contribution is 2.29. The average molecular weight is 189 g/mol. The Bertz CT molecular complexity index is 311. The largest absolute Gasteiger partial charge is 0.308 e. The molecule has 0 aliphatic carbocycles. The van der Waals surface area contributed by atoms with Crippen molar-refractivity contribution in [3.63, 3.8) is 0 Å². The van der Waals surface area contributed by atoms with E-state index in [4.69, 9.17) is 0 Å². The van der Waals surface area contributed by atoms with Crippen LogP contribution in [-0.2, 0) is 5.54 Å². The zero-order chi connectivity index (χ0) is 10.0. The van der Waals surface area contributed by atoms with Crippen LogP contribution in [0.4, 0.5) is 0 Å². The molecule has 1 aromatic rings. The molecule has 0 bridgehead atoms. The van der Waals surface area contributed by atoms with Gasteiger partial charge >= 0.3 is 0 Å². The Labute approximate surface area is 86.5 Å². The summed E-state index contributed by atoms with van der Waals surface area (Å²) in [5.74, 6) is 0. The molecule has 2 rings (SSSR count). The van der Waals surface area contributed by atoms with Crippen molar-refractivity contribution >= 4 is 0 Å². The number of hydrogen-bond acceptors (Lipinski definition) is 1. The fourth-order valence-electron chi connectivity index (χ4n) is 2.29. The van der Waals surface area contributed by atoms with E-state index in [0.717, 1.165) is 6.54 Å². The molecule has 1 fully saturated rings. The highest BCUT2D eigenvalue weighted by atomic mass is 15.0. The molecule has 0 amide bonds. The van der Waals surface area contributed by atoms with Crippen LogP contribution in [0.25, 0.3) is 0 Å². The molecule has 1 unspecified atom stereocenters. The maximum absolute atomic E-state index is 3.64. The molecule has 1 aliphatic rings. The van der Waals surface area contributed by atoms with E-state index in [9.17, 15) is 0 Å². The highest BCUT2D eigenvalue weighted by Gasteiger charge is 2.27. The van der Waals surface area contributed by atoms with Crippen LogP contribution < -0.4 is 5.32 Å². The number of hydrogen-bond donors (Lipinski definition) is 1. The molecule has 14 heavy (non-hydrogen) atoms. The van der Waals surface area contributed by atoms with Crippen molar-refractivity contribution < 1.29 is 0 Å². The Hall–Kier alpha value is -0.820. The third kappa shape index (κ3) is 1.83. The Morgan fingerprint density at radius 3 is 2.79 bits per heavy atom. The van der Waals surface area contributed by atoms with E-state index in [1.54, 1.807) is 0 Å². The molecular formula is C13H19N. The minimum absolute atomic E-state index is 0.213. The normalized spacial score (nSPS) is 27.6. The van der Waals surface area contributed by atoms with Crippen molar-refractivity contribution in [2.75, 3.05) is 6.54 Å². The number of aryl methyl sites for hydroxylation is 1. The number of benzene rings is 1. The maximum Gasteiger partial charge on any atom is 0.0406 e. The minimum Gasteiger partial charge on any atom is -0.308 e. The summed E-state index contributed by atoms with van der Waals surface area (Å²) < 4.78 is 0. The summed E-state index contributed by atoms with van der Waals surface area (Å²) in [5.41, 5.74) is 3.01. The lowest BCUT2D eigenvalue weighted by molar-refractivity contribution is 0.283. The Morgan fingerprint density at radius 2 is 2.14 bits per heavy atom. The minimum atomic E-state index is 0.213. The first kappa shape index (κ1) is 9.72. The van der Waals surface area contributed by atoms with Gasteiger partial charge in [0.25, 0.3) is 0 Å². The molecule has 1 N–H and O–H groups in total. The van der Waals surface area contributed by atoms with E-state index in [2.05, 4.69) is 43.4 Å². The van der Waals surface area contributed by atoms with Crippen molar-refractivity contribution in [3.05, 3.63) is 35.4 Å². The summed E-state index contributed by atoms with van der Waals surface area (Å²) in [7, 11) is 0. The monoisotopic (exact) mass is 189 g/mol. The van der Waals surface area contributed by atoms with Crippen LogP contribution in [0.5, 0.6) is 0 Å². The molecule has 0 spiro atoms. The predicted octanol–water partition coefficient (Wildman–Crippen LogP) is 2.98. The SMILES string of the molecule is Cc1cccc(C2(C)CCCCN2)c1. The second kappa shape index (κ2) is 3.74. The first-order valence-electron chi connectivity index (χ1n) is 5.53. The van der Waals surface area contributed by atoms with Gasteiger partial charge in [0.15, 0.2) is 0 Å². The standard InChI is InChI=1S/C13H19N/c1-11-6-5-7-12(10-11)13(2)8-3-4-9-14-13/h5-7,10,14H,3-4,8-9H2,1-2H3. The summed E-state index contributed by atoms with van der Waals surface area (Å²) in [6, 6.07) is 8.87. The van der Waals surface area contributed by atoms with Gasteiger partial charge in [-0.25, -0.2) is 0 Å². The molecule has 0 aromatic heterocycles. The van der Waals surface area contributed by atoms with Gasteiger partial charge in [-0.3, -0.25) is 0 Å². The summed E-state index contributed by atoms with van der Waals surface area (Å²) in [6.07, 6.45) is 3.93. The van der Waals surface area contributed by atoms with Crippen LogP contribution in [-0.4, -0.2) is 6.54 Å². The van der Waals surface area contributed by atoms with Crippen LogP contribution in [0.3, 0.4) is 0 Å². The summed E-state index contributed by atoms with van der Waals surface area (Å²) in [4.78, 5) is 0. The average Bonchev–Trinajstić information content (AvgIpc) is 2.19. The van der Waals surface area contributed by atoms with Gasteiger partial charge in [0.1, 0.15) is 0 Å². The summed E-state index contributed by atoms with van der Waals surface area (Å²) >= 11 is 0. The topological polar surface area (TPSA) is 12.0 Å². The van der Waals surface area contributed by atoms with Gasteiger partial charge in [-0.05, 0) is 38.8 Å². The predicted molar refractivity (Wildman–Crippen MR) is 60.4 cm³/mol. The molecule has 1 heterocycles. The molecule has 0 radical (unpaired) electrons. The van der Waals surface area contributed by atoms with E-state index in [0.29, 0.717) is 0 Å². The number of rotatable bonds is 1. The summed E-state index contributed by atoms with van der Waals surface area (Å²) in [6.45, 7) is 5.64. The Kier molecular flexibility index (Phi) is 2.60. The Balaban J connectivity index is 2.28. The molecule has 1 nitrogen and oxygen atoms in total. The third-order valence-corrected chi connectivity index (χ3v) is 3.27. The van der Waals surface area contributed by atoms with Gasteiger partial charge < -0.3 is 5.32 Å². The zero-order valence-corrected chi connectivity index (χ0v) is 9.14. The van der Waals surface area contributed by atoms with Gasteiger partial charge in [0, 0.05) is 5.54 Å². The van der Waals surface area contributed by atoms with Crippen LogP contribution in [0.15, 0.2) is 24.3 Å². The smallest absolute Gasteiger partial charge is 0.0406 e. The van der Waals surface area contributed by atoms with E-state index < -0.39 is 0 Å². The second-order valence-corrected chi connectivity index (χ2v) is 4.59. The van der Waals surface area contributed by atoms with Gasteiger partial charge in [-0.15, -0.1) is 0 Å². The third-order valence-electron chi connectivity index (χ3n) is 3.27. The van der Waals surface area contributed by atoms with Gasteiger partial charge in [-0.2, -0.15) is 0 Å². The van der Waals surface area contributed by atoms with Crippen molar-refractivity contribution in [2.24, 2.45) is 0 Å². The molecule has 1 aliphatic heterocycles. The first-order valence-corrected chi connectivity index (χ1v) is 5.53. The van der Waals surface area contributed by atoms with Crippen LogP contribution in [0, 0.1) is 6.92 Å².